The number of nitrogens with one attached hydrogen (secondary N) is 1. The fourth-order valence-corrected chi connectivity index (χ4v) is 4.69. The molecule has 1 aliphatic heterocycles. The molecule has 2 aromatic heterocycles. The van der Waals surface area contributed by atoms with Gasteiger partial charge in [-0.3, -0.25) is 9.36 Å². The van der Waals surface area contributed by atoms with Crippen molar-refractivity contribution in [3.63, 3.8) is 0 Å². The highest BCUT2D eigenvalue weighted by Gasteiger charge is 2.44. The standard InChI is InChI=1S/C22H24N6O8S/c23-19-16-20(25-10-24-19)28(11-26-16)21-18(31)17(30)15(36-21)9-27-37(34,35)7-2-1-6-14(29)12-4-3-5-13(8-12)22(32)33/h2-5,7-8,10-11,15,17-18,21,27,30-31H,1,6,9H2,(H,32,33)(H2,23,24,25)/b7-2+/t15-,17-,18-,21?/m1/s1. The number of Topliss-reactive ketones (excluding diaryl/α,β-unsaturated/α-hetero) is 1. The third-order valence-corrected chi connectivity index (χ3v) is 6.85. The zero-order valence-corrected chi connectivity index (χ0v) is 20.0. The van der Waals surface area contributed by atoms with Crippen LogP contribution >= 0.6 is 0 Å². The number of ketones is 1. The predicted molar refractivity (Wildman–Crippen MR) is 129 cm³/mol. The number of fused-ring (bicyclic) bond motifs is 1. The summed E-state index contributed by atoms with van der Waals surface area (Å²) in [6, 6.07) is 5.57. The second-order valence-electron chi connectivity index (χ2n) is 8.24. The van der Waals surface area contributed by atoms with Crippen molar-refractivity contribution < 1.29 is 38.1 Å². The quantitative estimate of drug-likeness (QED) is 0.215. The van der Waals surface area contributed by atoms with Crippen LogP contribution in [-0.4, -0.2) is 79.9 Å². The summed E-state index contributed by atoms with van der Waals surface area (Å²) in [5, 5.41) is 30.8. The van der Waals surface area contributed by atoms with Gasteiger partial charge < -0.3 is 25.8 Å². The number of aromatic nitrogens is 4. The Bertz CT molecular complexity index is 1460. The van der Waals surface area contributed by atoms with Gasteiger partial charge in [0.05, 0.1) is 11.9 Å². The Hall–Kier alpha value is -3.76. The van der Waals surface area contributed by atoms with Gasteiger partial charge in [0.15, 0.2) is 23.5 Å². The number of carboxylic acid groups (broad SMARTS) is 1. The van der Waals surface area contributed by atoms with E-state index in [0.717, 1.165) is 5.41 Å². The van der Waals surface area contributed by atoms with Crippen LogP contribution in [0.5, 0.6) is 0 Å². The molecule has 14 nitrogen and oxygen atoms in total. The molecule has 3 aromatic rings. The second-order valence-corrected chi connectivity index (χ2v) is 9.89. The summed E-state index contributed by atoms with van der Waals surface area (Å²) in [7, 11) is -3.95. The first kappa shape index (κ1) is 26.3. The molecule has 3 heterocycles. The molecule has 0 bridgehead atoms. The van der Waals surface area contributed by atoms with E-state index in [-0.39, 0.29) is 53.3 Å². The van der Waals surface area contributed by atoms with Gasteiger partial charge in [-0.15, -0.1) is 0 Å². The Morgan fingerprint density at radius 1 is 1.16 bits per heavy atom. The van der Waals surface area contributed by atoms with Gasteiger partial charge in [-0.2, -0.15) is 0 Å². The maximum absolute atomic E-state index is 12.3. The molecule has 1 aliphatic rings. The molecular formula is C22H24N6O8S. The molecule has 0 saturated carbocycles. The van der Waals surface area contributed by atoms with Crippen molar-refractivity contribution in [2.24, 2.45) is 0 Å². The number of nitrogen functional groups attached to an aromatic ring is 1. The summed E-state index contributed by atoms with van der Waals surface area (Å²) >= 11 is 0. The SMILES string of the molecule is Nc1ncnc2c1ncn2C1O[C@H](CNS(=O)(=O)/C=C/CCC(=O)c2cccc(C(=O)O)c2)[C@@H](O)[C@H]1O. The lowest BCUT2D eigenvalue weighted by Gasteiger charge is -2.16. The van der Waals surface area contributed by atoms with Crippen molar-refractivity contribution in [3.8, 4) is 0 Å². The number of imidazole rings is 1. The molecule has 15 heteroatoms. The number of carbonyl (C=O) groups is 2. The number of benzene rings is 1. The zero-order chi connectivity index (χ0) is 26.7. The van der Waals surface area contributed by atoms with E-state index >= 15 is 0 Å². The molecule has 6 N–H and O–H groups in total. The van der Waals surface area contributed by atoms with Crippen molar-refractivity contribution in [1.82, 2.24) is 24.2 Å². The van der Waals surface area contributed by atoms with E-state index in [2.05, 4.69) is 19.7 Å². The lowest BCUT2D eigenvalue weighted by molar-refractivity contribution is -0.0329. The van der Waals surface area contributed by atoms with Crippen LogP contribution in [0.1, 0.15) is 39.8 Å². The number of aliphatic hydroxyl groups excluding tert-OH is 2. The fraction of sp³-hybridized carbons (Fsp3) is 0.318. The van der Waals surface area contributed by atoms with Crippen LogP contribution in [0.25, 0.3) is 11.2 Å². The highest BCUT2D eigenvalue weighted by molar-refractivity contribution is 7.92. The minimum Gasteiger partial charge on any atom is -0.478 e. The van der Waals surface area contributed by atoms with Gasteiger partial charge in [-0.1, -0.05) is 18.2 Å². The van der Waals surface area contributed by atoms with Gasteiger partial charge in [0, 0.05) is 23.9 Å². The zero-order valence-electron chi connectivity index (χ0n) is 19.2. The van der Waals surface area contributed by atoms with Crippen molar-refractivity contribution in [2.45, 2.75) is 37.4 Å². The lowest BCUT2D eigenvalue weighted by Crippen LogP contribution is -2.39. The number of hydrogen-bond acceptors (Lipinski definition) is 11. The number of carbonyl (C=O) groups excluding carboxylic acids is 1. The Kier molecular flexibility index (Phi) is 7.60. The topological polar surface area (TPSA) is 220 Å². The van der Waals surface area contributed by atoms with Crippen LogP contribution in [-0.2, 0) is 14.8 Å². The third kappa shape index (κ3) is 5.81. The van der Waals surface area contributed by atoms with Gasteiger partial charge in [0.2, 0.25) is 10.0 Å². The third-order valence-electron chi connectivity index (χ3n) is 5.73. The van der Waals surface area contributed by atoms with Gasteiger partial charge in [0.1, 0.15) is 30.2 Å². The number of rotatable bonds is 10. The molecule has 4 rings (SSSR count). The maximum atomic E-state index is 12.3. The van der Waals surface area contributed by atoms with Crippen molar-refractivity contribution in [3.05, 3.63) is 59.5 Å². The van der Waals surface area contributed by atoms with Crippen LogP contribution in [0.2, 0.25) is 0 Å². The van der Waals surface area contributed by atoms with E-state index in [9.17, 15) is 28.2 Å². The van der Waals surface area contributed by atoms with E-state index in [1.165, 1.54) is 47.6 Å². The largest absolute Gasteiger partial charge is 0.478 e. The van der Waals surface area contributed by atoms with Gasteiger partial charge >= 0.3 is 5.97 Å². The molecule has 0 radical (unpaired) electrons. The van der Waals surface area contributed by atoms with Crippen LogP contribution < -0.4 is 10.5 Å². The fourth-order valence-electron chi connectivity index (χ4n) is 3.81. The summed E-state index contributed by atoms with van der Waals surface area (Å²) in [6.45, 7) is -0.341. The molecule has 1 saturated heterocycles. The number of ether oxygens (including phenoxy) is 1. The molecule has 196 valence electrons. The van der Waals surface area contributed by atoms with Crippen LogP contribution in [0.4, 0.5) is 5.82 Å². The molecule has 4 atom stereocenters. The highest BCUT2D eigenvalue weighted by Crippen LogP contribution is 2.31. The first-order valence-corrected chi connectivity index (χ1v) is 12.6. The van der Waals surface area contributed by atoms with Crippen LogP contribution in [0.15, 0.2) is 48.4 Å². The molecular weight excluding hydrogens is 508 g/mol. The minimum atomic E-state index is -3.95. The number of nitrogens with two attached hydrogens (primary N) is 1. The highest BCUT2D eigenvalue weighted by atomic mass is 32.2. The molecule has 1 aromatic carbocycles. The number of anilines is 1. The van der Waals surface area contributed by atoms with Crippen molar-refractivity contribution >= 4 is 38.8 Å². The number of hydrogen-bond donors (Lipinski definition) is 5. The van der Waals surface area contributed by atoms with Crippen molar-refractivity contribution in [2.75, 3.05) is 12.3 Å². The molecule has 0 spiro atoms. The van der Waals surface area contributed by atoms with Crippen LogP contribution in [0.3, 0.4) is 0 Å². The van der Waals surface area contributed by atoms with E-state index in [4.69, 9.17) is 15.6 Å². The molecule has 37 heavy (non-hydrogen) atoms. The Morgan fingerprint density at radius 2 is 1.92 bits per heavy atom. The van der Waals surface area contributed by atoms with E-state index in [1.807, 2.05) is 0 Å². The van der Waals surface area contributed by atoms with Crippen molar-refractivity contribution in [1.29, 1.82) is 0 Å². The van der Waals surface area contributed by atoms with E-state index in [1.54, 1.807) is 0 Å². The summed E-state index contributed by atoms with van der Waals surface area (Å²) in [6.07, 6.45) is -1.09. The average molecular weight is 533 g/mol. The molecule has 0 amide bonds. The lowest BCUT2D eigenvalue weighted by atomic mass is 10.0. The summed E-state index contributed by atoms with van der Waals surface area (Å²) in [5.41, 5.74) is 6.52. The van der Waals surface area contributed by atoms with Crippen LogP contribution in [0, 0.1) is 0 Å². The first-order valence-electron chi connectivity index (χ1n) is 11.0. The molecule has 1 fully saturated rings. The van der Waals surface area contributed by atoms with E-state index < -0.39 is 40.5 Å². The first-order chi connectivity index (χ1) is 17.6. The summed E-state index contributed by atoms with van der Waals surface area (Å²) in [5.74, 6) is -1.36. The number of carboxylic acids is 1. The number of aliphatic hydroxyl groups is 2. The average Bonchev–Trinajstić information content (AvgIpc) is 3.42. The van der Waals surface area contributed by atoms with Gasteiger partial charge in [-0.05, 0) is 18.6 Å². The number of nitrogens with zero attached hydrogens (tertiary/aromatic N) is 4. The molecule has 1 unspecified atom stereocenters. The van der Waals surface area contributed by atoms with Gasteiger partial charge in [0.25, 0.3) is 0 Å². The smallest absolute Gasteiger partial charge is 0.335 e. The molecule has 0 aliphatic carbocycles. The number of aromatic carboxylic acids is 1. The van der Waals surface area contributed by atoms with Gasteiger partial charge in [-0.25, -0.2) is 32.9 Å². The summed E-state index contributed by atoms with van der Waals surface area (Å²) < 4.78 is 34.0. The normalized spacial score (nSPS) is 22.1. The Morgan fingerprint density at radius 3 is 2.68 bits per heavy atom. The summed E-state index contributed by atoms with van der Waals surface area (Å²) in [4.78, 5) is 35.3. The number of allylic oxidation sites excluding steroid dienone is 1. The maximum Gasteiger partial charge on any atom is 0.335 e. The minimum absolute atomic E-state index is 0.0181. The van der Waals surface area contributed by atoms with E-state index in [0.29, 0.717) is 0 Å². The second kappa shape index (κ2) is 10.7. The Labute approximate surface area is 210 Å². The monoisotopic (exact) mass is 532 g/mol. The predicted octanol–water partition coefficient (Wildman–Crippen LogP) is -0.178. The Balaban J connectivity index is 1.32. The number of sulfonamides is 1.